The topological polar surface area (TPSA) is 75.6 Å². The highest BCUT2D eigenvalue weighted by Gasteiger charge is 2.57. The predicted octanol–water partition coefficient (Wildman–Crippen LogP) is 3.27. The summed E-state index contributed by atoms with van der Waals surface area (Å²) in [5.41, 5.74) is -0.0328. The monoisotopic (exact) mass is 383 g/mol. The minimum atomic E-state index is -0.897. The highest BCUT2D eigenvalue weighted by atomic mass is 16.5. The highest BCUT2D eigenvalue weighted by Crippen LogP contribution is 2.62. The quantitative estimate of drug-likeness (QED) is 0.740. The molecular weight excluding hydrogens is 354 g/mol. The van der Waals surface area contributed by atoms with Gasteiger partial charge in [0.15, 0.2) is 0 Å². The van der Waals surface area contributed by atoms with Crippen molar-refractivity contribution < 1.29 is 19.4 Å². The summed E-state index contributed by atoms with van der Waals surface area (Å²) in [5, 5.41) is 13.9. The third kappa shape index (κ3) is 3.57. The molecule has 4 bridgehead atoms. The van der Waals surface area contributed by atoms with Crippen molar-refractivity contribution in [1.82, 2.24) is 5.32 Å². The Morgan fingerprint density at radius 2 is 1.79 bits per heavy atom. The lowest BCUT2D eigenvalue weighted by atomic mass is 9.47. The fraction of sp³-hybridized carbons (Fsp3) is 0.652. The molecule has 5 heteroatoms. The second-order valence-corrected chi connectivity index (χ2v) is 9.93. The Bertz CT molecular complexity index is 758. The summed E-state index contributed by atoms with van der Waals surface area (Å²) >= 11 is 0. The zero-order valence-corrected chi connectivity index (χ0v) is 16.2. The van der Waals surface area contributed by atoms with Crippen LogP contribution in [0.3, 0.4) is 0 Å². The summed E-state index contributed by atoms with van der Waals surface area (Å²) in [6.07, 6.45) is 7.07. The molecule has 2 N–H and O–H groups in total. The first kappa shape index (κ1) is 18.2. The maximum absolute atomic E-state index is 12.9. The largest absolute Gasteiger partial charge is 0.447 e. The molecule has 0 heterocycles. The molecule has 0 spiro atoms. The van der Waals surface area contributed by atoms with Crippen LogP contribution in [0.1, 0.15) is 69.5 Å². The third-order valence-electron chi connectivity index (χ3n) is 7.18. The van der Waals surface area contributed by atoms with Crippen molar-refractivity contribution in [2.45, 2.75) is 75.5 Å². The van der Waals surface area contributed by atoms with Crippen LogP contribution >= 0.6 is 0 Å². The summed E-state index contributed by atoms with van der Waals surface area (Å²) in [7, 11) is 0. The molecule has 6 rings (SSSR count). The molecule has 1 aromatic carbocycles. The van der Waals surface area contributed by atoms with Crippen LogP contribution in [0.4, 0.5) is 0 Å². The number of carbonyl (C=O) groups is 2. The van der Waals surface area contributed by atoms with Gasteiger partial charge in [0.1, 0.15) is 0 Å². The number of carbonyl (C=O) groups excluding carboxylic acids is 2. The maximum atomic E-state index is 12.9. The Kier molecular flexibility index (Phi) is 4.27. The van der Waals surface area contributed by atoms with Gasteiger partial charge in [-0.15, -0.1) is 0 Å². The average molecular weight is 383 g/mol. The molecule has 5 aliphatic rings. The minimum absolute atomic E-state index is 0.149. The Hall–Kier alpha value is -1.88. The van der Waals surface area contributed by atoms with E-state index < -0.39 is 11.7 Å². The predicted molar refractivity (Wildman–Crippen MR) is 103 cm³/mol. The number of hydrogen-bond donors (Lipinski definition) is 2. The summed E-state index contributed by atoms with van der Waals surface area (Å²) in [4.78, 5) is 25.7. The number of rotatable bonds is 6. The van der Waals surface area contributed by atoms with Crippen molar-refractivity contribution in [3.63, 3.8) is 0 Å². The van der Waals surface area contributed by atoms with Crippen molar-refractivity contribution in [2.24, 2.45) is 17.3 Å². The van der Waals surface area contributed by atoms with Gasteiger partial charge in [0, 0.05) is 11.6 Å². The number of nitrogens with one attached hydrogen (secondary N) is 1. The third-order valence-corrected chi connectivity index (χ3v) is 7.18. The minimum Gasteiger partial charge on any atom is -0.447 e. The van der Waals surface area contributed by atoms with E-state index in [1.807, 2.05) is 30.3 Å². The molecule has 0 aliphatic heterocycles. The summed E-state index contributed by atoms with van der Waals surface area (Å²) in [5.74, 6) is 0.515. The van der Waals surface area contributed by atoms with Gasteiger partial charge in [-0.25, -0.2) is 0 Å². The molecule has 0 aromatic heterocycles. The Labute approximate surface area is 165 Å². The lowest BCUT2D eigenvalue weighted by Gasteiger charge is -2.60. The highest BCUT2D eigenvalue weighted by molar-refractivity contribution is 5.85. The number of ether oxygens (including phenoxy) is 1. The molecule has 150 valence electrons. The van der Waals surface area contributed by atoms with Gasteiger partial charge in [-0.2, -0.15) is 0 Å². The van der Waals surface area contributed by atoms with Crippen molar-refractivity contribution in [1.29, 1.82) is 0 Å². The first-order valence-corrected chi connectivity index (χ1v) is 10.7. The SMILES string of the molecule is O=C(CC12C[C@@H]3C[C@@H](CC(O)(C3)C1)C2)O[C@H](C(=O)NC1CC1)c1ccccc1. The number of aliphatic hydroxyl groups is 1. The second kappa shape index (κ2) is 6.58. The molecule has 2 unspecified atom stereocenters. The van der Waals surface area contributed by atoms with Crippen LogP contribution in [-0.4, -0.2) is 28.6 Å². The van der Waals surface area contributed by atoms with E-state index in [1.165, 1.54) is 6.42 Å². The fourth-order valence-electron chi connectivity index (χ4n) is 6.49. The van der Waals surface area contributed by atoms with Crippen molar-refractivity contribution in [2.75, 3.05) is 0 Å². The van der Waals surface area contributed by atoms with E-state index in [0.29, 0.717) is 30.2 Å². The Morgan fingerprint density at radius 1 is 1.11 bits per heavy atom. The van der Waals surface area contributed by atoms with Gasteiger partial charge in [0.05, 0.1) is 12.0 Å². The second-order valence-electron chi connectivity index (χ2n) is 9.93. The van der Waals surface area contributed by atoms with E-state index in [9.17, 15) is 14.7 Å². The van der Waals surface area contributed by atoms with Gasteiger partial charge >= 0.3 is 5.97 Å². The first-order chi connectivity index (χ1) is 13.4. The molecule has 28 heavy (non-hydrogen) atoms. The Morgan fingerprint density at radius 3 is 2.39 bits per heavy atom. The first-order valence-electron chi connectivity index (χ1n) is 10.7. The van der Waals surface area contributed by atoms with Gasteiger partial charge in [0.25, 0.3) is 5.91 Å². The van der Waals surface area contributed by atoms with Gasteiger partial charge < -0.3 is 15.2 Å². The number of benzene rings is 1. The van der Waals surface area contributed by atoms with Crippen molar-refractivity contribution in [3.8, 4) is 0 Å². The number of esters is 1. The van der Waals surface area contributed by atoms with Gasteiger partial charge in [-0.1, -0.05) is 30.3 Å². The van der Waals surface area contributed by atoms with Gasteiger partial charge in [-0.05, 0) is 68.6 Å². The molecular formula is C23H29NO4. The van der Waals surface area contributed by atoms with E-state index in [4.69, 9.17) is 4.74 Å². The van der Waals surface area contributed by atoms with Crippen LogP contribution < -0.4 is 5.32 Å². The molecule has 5 aliphatic carbocycles. The molecule has 5 nitrogen and oxygen atoms in total. The average Bonchev–Trinajstić information content (AvgIpc) is 3.41. The lowest BCUT2D eigenvalue weighted by molar-refractivity contribution is -0.180. The van der Waals surface area contributed by atoms with Crippen LogP contribution in [0.5, 0.6) is 0 Å². The van der Waals surface area contributed by atoms with Crippen molar-refractivity contribution in [3.05, 3.63) is 35.9 Å². The summed E-state index contributed by atoms with van der Waals surface area (Å²) < 4.78 is 5.77. The molecule has 1 aromatic rings. The van der Waals surface area contributed by atoms with E-state index in [1.54, 1.807) is 0 Å². The number of hydrogen-bond acceptors (Lipinski definition) is 4. The maximum Gasteiger partial charge on any atom is 0.307 e. The molecule has 5 saturated carbocycles. The fourth-order valence-corrected chi connectivity index (χ4v) is 6.49. The van der Waals surface area contributed by atoms with Crippen LogP contribution in [-0.2, 0) is 14.3 Å². The van der Waals surface area contributed by atoms with Crippen LogP contribution in [0.25, 0.3) is 0 Å². The molecule has 0 radical (unpaired) electrons. The normalized spacial score (nSPS) is 36.8. The van der Waals surface area contributed by atoms with Crippen LogP contribution in [0.15, 0.2) is 30.3 Å². The molecule has 5 atom stereocenters. The molecule has 0 saturated heterocycles. The van der Waals surface area contributed by atoms with Gasteiger partial charge in [0.2, 0.25) is 6.10 Å². The number of amides is 1. The lowest BCUT2D eigenvalue weighted by Crippen LogP contribution is -2.56. The molecule has 1 amide bonds. The van der Waals surface area contributed by atoms with Crippen LogP contribution in [0, 0.1) is 17.3 Å². The smallest absolute Gasteiger partial charge is 0.307 e. The van der Waals surface area contributed by atoms with E-state index in [2.05, 4.69) is 5.32 Å². The zero-order valence-electron chi connectivity index (χ0n) is 16.2. The van der Waals surface area contributed by atoms with Gasteiger partial charge in [-0.3, -0.25) is 9.59 Å². The standard InChI is InChI=1S/C23H29NO4/c25-19(13-22-9-15-8-16(10-22)12-23(27,11-15)14-22)28-20(17-4-2-1-3-5-17)21(26)24-18-6-7-18/h1-5,15-16,18,20,27H,6-14H2,(H,24,26)/t15-,16+,20-,22?,23?/m0/s1. The van der Waals surface area contributed by atoms with E-state index in [-0.39, 0.29) is 23.3 Å². The zero-order chi connectivity index (χ0) is 19.4. The van der Waals surface area contributed by atoms with E-state index in [0.717, 1.165) is 38.5 Å². The summed E-state index contributed by atoms with van der Waals surface area (Å²) in [6, 6.07) is 9.48. The van der Waals surface area contributed by atoms with Crippen LogP contribution in [0.2, 0.25) is 0 Å². The van der Waals surface area contributed by atoms with Crippen molar-refractivity contribution >= 4 is 11.9 Å². The summed E-state index contributed by atoms with van der Waals surface area (Å²) in [6.45, 7) is 0. The van der Waals surface area contributed by atoms with E-state index >= 15 is 0 Å². The Balaban J connectivity index is 1.30. The molecule has 5 fully saturated rings.